The third-order valence-corrected chi connectivity index (χ3v) is 3.21. The van der Waals surface area contributed by atoms with Crippen molar-refractivity contribution in [1.82, 2.24) is 5.32 Å². The molecule has 1 amide bonds. The Morgan fingerprint density at radius 3 is 2.47 bits per heavy atom. The quantitative estimate of drug-likeness (QED) is 0.562. The second-order valence-corrected chi connectivity index (χ2v) is 4.84. The van der Waals surface area contributed by atoms with E-state index in [0.717, 1.165) is 25.7 Å². The van der Waals surface area contributed by atoms with E-state index in [1.807, 2.05) is 6.92 Å². The predicted molar refractivity (Wildman–Crippen MR) is 64.2 cm³/mol. The first-order valence-corrected chi connectivity index (χ1v) is 6.23. The number of carbonyl (C=O) groups is 2. The van der Waals surface area contributed by atoms with E-state index in [1.165, 1.54) is 6.42 Å². The highest BCUT2D eigenvalue weighted by Gasteiger charge is 2.32. The minimum absolute atomic E-state index is 0.223. The average Bonchev–Trinajstić information content (AvgIpc) is 2.28. The van der Waals surface area contributed by atoms with Gasteiger partial charge < -0.3 is 15.8 Å². The minimum atomic E-state index is -1.21. The van der Waals surface area contributed by atoms with Crippen LogP contribution >= 0.6 is 0 Å². The minimum Gasteiger partial charge on any atom is -0.464 e. The molecule has 1 atom stereocenters. The van der Waals surface area contributed by atoms with Gasteiger partial charge in [-0.05, 0) is 26.7 Å². The highest BCUT2D eigenvalue weighted by molar-refractivity contribution is 6.01. The summed E-state index contributed by atoms with van der Waals surface area (Å²) < 4.78 is 4.72. The molecule has 98 valence electrons. The van der Waals surface area contributed by atoms with Crippen molar-refractivity contribution >= 4 is 11.9 Å². The Morgan fingerprint density at radius 2 is 1.94 bits per heavy atom. The van der Waals surface area contributed by atoms with Crippen LogP contribution in [0.25, 0.3) is 0 Å². The number of hydrogen-bond donors (Lipinski definition) is 2. The first-order chi connectivity index (χ1) is 7.98. The van der Waals surface area contributed by atoms with Crippen LogP contribution < -0.4 is 11.1 Å². The predicted octanol–water partition coefficient (Wildman–Crippen LogP) is 0.716. The third-order valence-electron chi connectivity index (χ3n) is 3.21. The van der Waals surface area contributed by atoms with Gasteiger partial charge in [0.2, 0.25) is 5.91 Å². The Morgan fingerprint density at radius 1 is 1.35 bits per heavy atom. The summed E-state index contributed by atoms with van der Waals surface area (Å²) in [4.78, 5) is 23.1. The molecular formula is C12H22N2O3. The van der Waals surface area contributed by atoms with E-state index in [9.17, 15) is 9.59 Å². The zero-order valence-corrected chi connectivity index (χ0v) is 10.6. The van der Waals surface area contributed by atoms with Crippen LogP contribution in [-0.2, 0) is 14.3 Å². The van der Waals surface area contributed by atoms with E-state index >= 15 is 0 Å². The summed E-state index contributed by atoms with van der Waals surface area (Å²) >= 11 is 0. The van der Waals surface area contributed by atoms with Crippen LogP contribution in [0.5, 0.6) is 0 Å². The van der Waals surface area contributed by atoms with Gasteiger partial charge in [0, 0.05) is 5.54 Å². The van der Waals surface area contributed by atoms with Gasteiger partial charge in [-0.15, -0.1) is 0 Å². The molecule has 0 aliphatic heterocycles. The third kappa shape index (κ3) is 4.00. The Balaban J connectivity index is 2.49. The van der Waals surface area contributed by atoms with Gasteiger partial charge in [-0.1, -0.05) is 19.3 Å². The van der Waals surface area contributed by atoms with Gasteiger partial charge in [-0.3, -0.25) is 4.79 Å². The Labute approximate surface area is 102 Å². The van der Waals surface area contributed by atoms with Crippen molar-refractivity contribution in [2.24, 2.45) is 5.73 Å². The lowest BCUT2D eigenvalue weighted by molar-refractivity contribution is -0.148. The standard InChI is InChI=1S/C12H22N2O3/c1-3-17-11(16)9(13)10(15)14-12(2)7-5-4-6-8-12/h9H,3-8,13H2,1-2H3,(H,14,15). The van der Waals surface area contributed by atoms with E-state index in [2.05, 4.69) is 5.32 Å². The van der Waals surface area contributed by atoms with E-state index in [1.54, 1.807) is 6.92 Å². The topological polar surface area (TPSA) is 81.4 Å². The number of ether oxygens (including phenoxy) is 1. The molecule has 0 spiro atoms. The summed E-state index contributed by atoms with van der Waals surface area (Å²) in [5, 5.41) is 2.87. The maximum Gasteiger partial charge on any atom is 0.332 e. The van der Waals surface area contributed by atoms with Crippen molar-refractivity contribution in [3.8, 4) is 0 Å². The Bertz CT molecular complexity index is 285. The molecule has 5 heteroatoms. The Hall–Kier alpha value is -1.10. The first kappa shape index (κ1) is 14.0. The molecule has 1 unspecified atom stereocenters. The molecule has 17 heavy (non-hydrogen) atoms. The summed E-state index contributed by atoms with van der Waals surface area (Å²) in [5.41, 5.74) is 5.31. The maximum atomic E-state index is 11.8. The second kappa shape index (κ2) is 6.00. The molecule has 5 nitrogen and oxygen atoms in total. The zero-order chi connectivity index (χ0) is 12.9. The molecule has 0 aromatic carbocycles. The average molecular weight is 242 g/mol. The van der Waals surface area contributed by atoms with Crippen LogP contribution in [-0.4, -0.2) is 30.1 Å². The van der Waals surface area contributed by atoms with E-state index in [-0.39, 0.29) is 12.1 Å². The second-order valence-electron chi connectivity index (χ2n) is 4.84. The summed E-state index contributed by atoms with van der Waals surface area (Å²) in [6.45, 7) is 3.92. The van der Waals surface area contributed by atoms with Crippen LogP contribution in [0.15, 0.2) is 0 Å². The van der Waals surface area contributed by atoms with Gasteiger partial charge in [-0.2, -0.15) is 0 Å². The fourth-order valence-electron chi connectivity index (χ4n) is 2.17. The monoisotopic (exact) mass is 242 g/mol. The van der Waals surface area contributed by atoms with Crippen molar-refractivity contribution in [2.45, 2.75) is 57.5 Å². The molecule has 3 N–H and O–H groups in total. The van der Waals surface area contributed by atoms with Crippen LogP contribution in [0.1, 0.15) is 46.0 Å². The smallest absolute Gasteiger partial charge is 0.332 e. The van der Waals surface area contributed by atoms with Crippen molar-refractivity contribution in [3.63, 3.8) is 0 Å². The van der Waals surface area contributed by atoms with Crippen molar-refractivity contribution < 1.29 is 14.3 Å². The number of nitrogens with one attached hydrogen (secondary N) is 1. The SMILES string of the molecule is CCOC(=O)C(N)C(=O)NC1(C)CCCCC1. The molecule has 1 aliphatic rings. The number of nitrogens with two attached hydrogens (primary N) is 1. The first-order valence-electron chi connectivity index (χ1n) is 6.23. The van der Waals surface area contributed by atoms with Crippen LogP contribution in [0.4, 0.5) is 0 Å². The fraction of sp³-hybridized carbons (Fsp3) is 0.833. The summed E-state index contributed by atoms with van der Waals surface area (Å²) in [6.07, 6.45) is 5.29. The summed E-state index contributed by atoms with van der Waals surface area (Å²) in [6, 6.07) is -1.21. The summed E-state index contributed by atoms with van der Waals surface area (Å²) in [7, 11) is 0. The summed E-state index contributed by atoms with van der Waals surface area (Å²) in [5.74, 6) is -1.10. The molecule has 0 aromatic heterocycles. The number of amides is 1. The number of esters is 1. The van der Waals surface area contributed by atoms with Crippen molar-refractivity contribution in [3.05, 3.63) is 0 Å². The van der Waals surface area contributed by atoms with Gasteiger partial charge in [0.15, 0.2) is 6.04 Å². The lowest BCUT2D eigenvalue weighted by Gasteiger charge is -2.35. The number of rotatable bonds is 4. The molecule has 1 rings (SSSR count). The normalized spacial score (nSPS) is 20.4. The molecule has 1 aliphatic carbocycles. The number of hydrogen-bond acceptors (Lipinski definition) is 4. The van der Waals surface area contributed by atoms with Gasteiger partial charge in [-0.25, -0.2) is 4.79 Å². The van der Waals surface area contributed by atoms with E-state index in [4.69, 9.17) is 10.5 Å². The fourth-order valence-corrected chi connectivity index (χ4v) is 2.17. The number of carbonyl (C=O) groups excluding carboxylic acids is 2. The molecule has 1 saturated carbocycles. The largest absolute Gasteiger partial charge is 0.464 e. The molecule has 0 radical (unpaired) electrons. The molecule has 0 bridgehead atoms. The lowest BCUT2D eigenvalue weighted by atomic mass is 9.83. The molecule has 0 aromatic rings. The van der Waals surface area contributed by atoms with Gasteiger partial charge >= 0.3 is 5.97 Å². The van der Waals surface area contributed by atoms with Gasteiger partial charge in [0.25, 0.3) is 0 Å². The van der Waals surface area contributed by atoms with Crippen LogP contribution in [0, 0.1) is 0 Å². The highest BCUT2D eigenvalue weighted by Crippen LogP contribution is 2.27. The van der Waals surface area contributed by atoms with Gasteiger partial charge in [0.05, 0.1) is 6.61 Å². The van der Waals surface area contributed by atoms with Gasteiger partial charge in [0.1, 0.15) is 0 Å². The zero-order valence-electron chi connectivity index (χ0n) is 10.6. The molecule has 0 heterocycles. The van der Waals surface area contributed by atoms with E-state index < -0.39 is 17.9 Å². The molecular weight excluding hydrogens is 220 g/mol. The Kier molecular flexibility index (Phi) is 4.93. The van der Waals surface area contributed by atoms with Crippen molar-refractivity contribution in [2.75, 3.05) is 6.61 Å². The maximum absolute atomic E-state index is 11.8. The molecule has 1 fully saturated rings. The lowest BCUT2D eigenvalue weighted by Crippen LogP contribution is -2.55. The highest BCUT2D eigenvalue weighted by atomic mass is 16.5. The van der Waals surface area contributed by atoms with Crippen LogP contribution in [0.3, 0.4) is 0 Å². The van der Waals surface area contributed by atoms with Crippen LogP contribution in [0.2, 0.25) is 0 Å². The van der Waals surface area contributed by atoms with E-state index in [0.29, 0.717) is 0 Å². The molecule has 0 saturated heterocycles. The van der Waals surface area contributed by atoms with Crippen molar-refractivity contribution in [1.29, 1.82) is 0 Å².